The molecule has 0 amide bonds. The number of nitrogen functional groups attached to an aromatic ring is 1. The SMILES string of the molecule is C=Cc1cccc(-c2cc(C)ccc2N)c1C=C. The molecule has 0 aromatic heterocycles. The lowest BCUT2D eigenvalue weighted by atomic mass is 9.93. The van der Waals surface area contributed by atoms with Gasteiger partial charge in [-0.15, -0.1) is 0 Å². The van der Waals surface area contributed by atoms with Gasteiger partial charge >= 0.3 is 0 Å². The second-order valence-electron chi connectivity index (χ2n) is 4.31. The van der Waals surface area contributed by atoms with Gasteiger partial charge in [0.1, 0.15) is 0 Å². The van der Waals surface area contributed by atoms with E-state index in [1.165, 1.54) is 5.56 Å². The highest BCUT2D eigenvalue weighted by Crippen LogP contribution is 2.32. The van der Waals surface area contributed by atoms with Crippen LogP contribution >= 0.6 is 0 Å². The van der Waals surface area contributed by atoms with Crippen LogP contribution < -0.4 is 5.73 Å². The van der Waals surface area contributed by atoms with Crippen LogP contribution in [-0.4, -0.2) is 0 Å². The Morgan fingerprint density at radius 1 is 1.00 bits per heavy atom. The van der Waals surface area contributed by atoms with E-state index in [9.17, 15) is 0 Å². The second-order valence-corrected chi connectivity index (χ2v) is 4.31. The fourth-order valence-corrected chi connectivity index (χ4v) is 2.13. The number of aryl methyl sites for hydroxylation is 1. The van der Waals surface area contributed by atoms with Crippen LogP contribution in [-0.2, 0) is 0 Å². The zero-order valence-electron chi connectivity index (χ0n) is 10.6. The zero-order valence-corrected chi connectivity index (χ0v) is 10.6. The van der Waals surface area contributed by atoms with Crippen molar-refractivity contribution in [1.82, 2.24) is 0 Å². The van der Waals surface area contributed by atoms with Gasteiger partial charge in [0.25, 0.3) is 0 Å². The highest BCUT2D eigenvalue weighted by molar-refractivity contribution is 5.86. The summed E-state index contributed by atoms with van der Waals surface area (Å²) in [6.07, 6.45) is 3.70. The van der Waals surface area contributed by atoms with Gasteiger partial charge in [-0.05, 0) is 35.7 Å². The van der Waals surface area contributed by atoms with Gasteiger partial charge in [0, 0.05) is 11.3 Å². The van der Waals surface area contributed by atoms with Crippen molar-refractivity contribution in [1.29, 1.82) is 0 Å². The summed E-state index contributed by atoms with van der Waals surface area (Å²) < 4.78 is 0. The van der Waals surface area contributed by atoms with Gasteiger partial charge < -0.3 is 5.73 Å². The standard InChI is InChI=1S/C17H17N/c1-4-13-7-6-8-15(14(13)5-2)16-11-12(3)9-10-17(16)18/h4-11H,1-2,18H2,3H3. The highest BCUT2D eigenvalue weighted by Gasteiger charge is 2.08. The molecule has 0 fully saturated rings. The summed E-state index contributed by atoms with van der Waals surface area (Å²) in [4.78, 5) is 0. The van der Waals surface area contributed by atoms with Gasteiger partial charge in [-0.3, -0.25) is 0 Å². The molecule has 90 valence electrons. The third-order valence-electron chi connectivity index (χ3n) is 3.06. The molecule has 0 atom stereocenters. The third kappa shape index (κ3) is 2.07. The molecule has 0 aliphatic rings. The maximum absolute atomic E-state index is 6.08. The number of anilines is 1. The molecule has 0 unspecified atom stereocenters. The summed E-state index contributed by atoms with van der Waals surface area (Å²) in [7, 11) is 0. The van der Waals surface area contributed by atoms with Crippen molar-refractivity contribution in [2.75, 3.05) is 5.73 Å². The molecule has 2 aromatic rings. The minimum Gasteiger partial charge on any atom is -0.398 e. The Hall–Kier alpha value is -2.28. The van der Waals surface area contributed by atoms with Crippen molar-refractivity contribution in [2.24, 2.45) is 0 Å². The van der Waals surface area contributed by atoms with Gasteiger partial charge in [0.15, 0.2) is 0 Å². The lowest BCUT2D eigenvalue weighted by molar-refractivity contribution is 1.46. The summed E-state index contributed by atoms with van der Waals surface area (Å²) in [5, 5.41) is 0. The van der Waals surface area contributed by atoms with Crippen LogP contribution in [0.25, 0.3) is 23.3 Å². The molecule has 0 heterocycles. The van der Waals surface area contributed by atoms with Crippen molar-refractivity contribution in [3.05, 3.63) is 66.2 Å². The van der Waals surface area contributed by atoms with E-state index in [-0.39, 0.29) is 0 Å². The van der Waals surface area contributed by atoms with E-state index in [4.69, 9.17) is 5.73 Å². The van der Waals surface area contributed by atoms with E-state index in [2.05, 4.69) is 32.2 Å². The third-order valence-corrected chi connectivity index (χ3v) is 3.06. The predicted molar refractivity (Wildman–Crippen MR) is 81.2 cm³/mol. The Bertz CT molecular complexity index is 609. The Kier molecular flexibility index (Phi) is 3.33. The lowest BCUT2D eigenvalue weighted by Crippen LogP contribution is -1.94. The molecule has 0 spiro atoms. The van der Waals surface area contributed by atoms with Gasteiger partial charge in [-0.25, -0.2) is 0 Å². The van der Waals surface area contributed by atoms with Crippen molar-refractivity contribution >= 4 is 17.8 Å². The molecule has 0 saturated carbocycles. The van der Waals surface area contributed by atoms with Crippen LogP contribution in [0, 0.1) is 6.92 Å². The van der Waals surface area contributed by atoms with Gasteiger partial charge in [0.2, 0.25) is 0 Å². The van der Waals surface area contributed by atoms with Crippen LogP contribution in [0.4, 0.5) is 5.69 Å². The van der Waals surface area contributed by atoms with Gasteiger partial charge in [0.05, 0.1) is 0 Å². The Morgan fingerprint density at radius 3 is 2.44 bits per heavy atom. The molecule has 2 rings (SSSR count). The van der Waals surface area contributed by atoms with Crippen LogP contribution in [0.1, 0.15) is 16.7 Å². The van der Waals surface area contributed by atoms with E-state index in [0.717, 1.165) is 27.9 Å². The summed E-state index contributed by atoms with van der Waals surface area (Å²) in [5.74, 6) is 0. The fraction of sp³-hybridized carbons (Fsp3) is 0.0588. The average molecular weight is 235 g/mol. The van der Waals surface area contributed by atoms with E-state index in [1.54, 1.807) is 0 Å². The Morgan fingerprint density at radius 2 is 1.78 bits per heavy atom. The number of benzene rings is 2. The molecular formula is C17H17N. The number of nitrogens with two attached hydrogens (primary N) is 1. The average Bonchev–Trinajstić information content (AvgIpc) is 2.40. The van der Waals surface area contributed by atoms with E-state index in [1.807, 2.05) is 36.4 Å². The molecule has 0 radical (unpaired) electrons. The lowest BCUT2D eigenvalue weighted by Gasteiger charge is -2.12. The summed E-state index contributed by atoms with van der Waals surface area (Å²) >= 11 is 0. The topological polar surface area (TPSA) is 26.0 Å². The first-order chi connectivity index (χ1) is 8.67. The highest BCUT2D eigenvalue weighted by atomic mass is 14.6. The fourth-order valence-electron chi connectivity index (χ4n) is 2.13. The number of hydrogen-bond donors (Lipinski definition) is 1. The predicted octanol–water partition coefficient (Wildman–Crippen LogP) is 4.53. The second kappa shape index (κ2) is 4.92. The molecule has 2 N–H and O–H groups in total. The van der Waals surface area contributed by atoms with Crippen LogP contribution in [0.15, 0.2) is 49.6 Å². The molecule has 0 bridgehead atoms. The van der Waals surface area contributed by atoms with Gasteiger partial charge in [-0.2, -0.15) is 0 Å². The van der Waals surface area contributed by atoms with Crippen molar-refractivity contribution in [3.63, 3.8) is 0 Å². The first kappa shape index (κ1) is 12.2. The largest absolute Gasteiger partial charge is 0.398 e. The maximum Gasteiger partial charge on any atom is 0.0394 e. The van der Waals surface area contributed by atoms with E-state index < -0.39 is 0 Å². The van der Waals surface area contributed by atoms with Crippen LogP contribution in [0.3, 0.4) is 0 Å². The molecular weight excluding hydrogens is 218 g/mol. The molecule has 0 aliphatic carbocycles. The minimum atomic E-state index is 0.782. The normalized spacial score (nSPS) is 10.1. The minimum absolute atomic E-state index is 0.782. The number of hydrogen-bond acceptors (Lipinski definition) is 1. The summed E-state index contributed by atoms with van der Waals surface area (Å²) in [6, 6.07) is 12.2. The van der Waals surface area contributed by atoms with Crippen molar-refractivity contribution in [2.45, 2.75) is 6.92 Å². The maximum atomic E-state index is 6.08. The van der Waals surface area contributed by atoms with Crippen molar-refractivity contribution in [3.8, 4) is 11.1 Å². The monoisotopic (exact) mass is 235 g/mol. The zero-order chi connectivity index (χ0) is 13.1. The first-order valence-electron chi connectivity index (χ1n) is 5.91. The molecule has 0 saturated heterocycles. The Balaban J connectivity index is 2.74. The molecule has 2 aromatic carbocycles. The molecule has 18 heavy (non-hydrogen) atoms. The molecule has 1 nitrogen and oxygen atoms in total. The van der Waals surface area contributed by atoms with Gasteiger partial charge in [-0.1, -0.05) is 55.1 Å². The Labute approximate surface area is 108 Å². The van der Waals surface area contributed by atoms with Crippen LogP contribution in [0.5, 0.6) is 0 Å². The van der Waals surface area contributed by atoms with Crippen molar-refractivity contribution < 1.29 is 0 Å². The van der Waals surface area contributed by atoms with E-state index >= 15 is 0 Å². The quantitative estimate of drug-likeness (QED) is 0.777. The van der Waals surface area contributed by atoms with Crippen LogP contribution in [0.2, 0.25) is 0 Å². The molecule has 0 aliphatic heterocycles. The number of rotatable bonds is 3. The van der Waals surface area contributed by atoms with E-state index in [0.29, 0.717) is 0 Å². The summed E-state index contributed by atoms with van der Waals surface area (Å²) in [6.45, 7) is 9.79. The smallest absolute Gasteiger partial charge is 0.0394 e. The molecule has 1 heteroatoms. The summed E-state index contributed by atoms with van der Waals surface area (Å²) in [5.41, 5.74) is 12.3. The first-order valence-corrected chi connectivity index (χ1v) is 5.91.